The SMILES string of the molecule is CCCCCCCCCCCC(=O)OC(=O)[C@H](C)N.[NaH]. The molecule has 0 spiro atoms. The second-order valence-corrected chi connectivity index (χ2v) is 5.16. The van der Waals surface area contributed by atoms with Gasteiger partial charge in [-0.25, -0.2) is 4.79 Å². The Balaban J connectivity index is 0. The van der Waals surface area contributed by atoms with Crippen molar-refractivity contribution in [1.29, 1.82) is 0 Å². The summed E-state index contributed by atoms with van der Waals surface area (Å²) >= 11 is 0. The zero-order chi connectivity index (χ0) is 14.5. The molecule has 0 saturated heterocycles. The van der Waals surface area contributed by atoms with Crippen LogP contribution in [0.2, 0.25) is 0 Å². The van der Waals surface area contributed by atoms with Crippen molar-refractivity contribution in [2.45, 2.75) is 84.1 Å². The van der Waals surface area contributed by atoms with Crippen LogP contribution in [0.5, 0.6) is 0 Å². The minimum absolute atomic E-state index is 0. The van der Waals surface area contributed by atoms with E-state index < -0.39 is 18.0 Å². The fourth-order valence-electron chi connectivity index (χ4n) is 1.84. The number of hydrogen-bond acceptors (Lipinski definition) is 4. The van der Waals surface area contributed by atoms with E-state index in [-0.39, 0.29) is 29.6 Å². The summed E-state index contributed by atoms with van der Waals surface area (Å²) in [6, 6.07) is -0.730. The summed E-state index contributed by atoms with van der Waals surface area (Å²) < 4.78 is 4.58. The summed E-state index contributed by atoms with van der Waals surface area (Å²) in [7, 11) is 0. The third-order valence-electron chi connectivity index (χ3n) is 3.07. The molecule has 0 aromatic carbocycles. The number of hydrogen-bond donors (Lipinski definition) is 1. The van der Waals surface area contributed by atoms with E-state index in [4.69, 9.17) is 5.73 Å². The third kappa shape index (κ3) is 14.5. The Labute approximate surface area is 145 Å². The molecule has 0 unspecified atom stereocenters. The molecule has 0 rings (SSSR count). The first-order valence-corrected chi connectivity index (χ1v) is 7.58. The van der Waals surface area contributed by atoms with Gasteiger partial charge in [-0.05, 0) is 13.3 Å². The molecular formula is C15H30NNaO3. The zero-order valence-electron chi connectivity index (χ0n) is 12.5. The number of unbranched alkanes of at least 4 members (excludes halogenated alkanes) is 8. The van der Waals surface area contributed by atoms with Crippen LogP contribution >= 0.6 is 0 Å². The van der Waals surface area contributed by atoms with E-state index in [1.165, 1.54) is 45.4 Å². The van der Waals surface area contributed by atoms with Gasteiger partial charge in [0, 0.05) is 6.42 Å². The van der Waals surface area contributed by atoms with Crippen LogP contribution in [-0.4, -0.2) is 47.5 Å². The summed E-state index contributed by atoms with van der Waals surface area (Å²) in [6.45, 7) is 3.73. The average Bonchev–Trinajstić information content (AvgIpc) is 2.36. The molecule has 0 fully saturated rings. The summed E-state index contributed by atoms with van der Waals surface area (Å²) in [6.07, 6.45) is 11.1. The van der Waals surface area contributed by atoms with Crippen LogP contribution in [0.3, 0.4) is 0 Å². The van der Waals surface area contributed by atoms with Crippen LogP contribution in [0.4, 0.5) is 0 Å². The Morgan fingerprint density at radius 3 is 1.85 bits per heavy atom. The number of nitrogens with two attached hydrogens (primary N) is 1. The Hall–Kier alpha value is 0.1000. The first kappa shape index (κ1) is 22.4. The van der Waals surface area contributed by atoms with Gasteiger partial charge in [-0.3, -0.25) is 4.79 Å². The van der Waals surface area contributed by atoms with Crippen molar-refractivity contribution in [3.63, 3.8) is 0 Å². The molecule has 0 heterocycles. The zero-order valence-corrected chi connectivity index (χ0v) is 12.5. The average molecular weight is 295 g/mol. The standard InChI is InChI=1S/C15H29NO3.Na.H/c1-3-4-5-6-7-8-9-10-11-12-14(17)19-15(18)13(2)16;;/h13H,3-12,16H2,1-2H3;;/t13-;;/m0../s1. The van der Waals surface area contributed by atoms with Crippen molar-refractivity contribution >= 4 is 41.5 Å². The maximum atomic E-state index is 11.3. The molecule has 114 valence electrons. The van der Waals surface area contributed by atoms with Gasteiger partial charge >= 0.3 is 41.5 Å². The molecule has 2 N–H and O–H groups in total. The predicted molar refractivity (Wildman–Crippen MR) is 83.7 cm³/mol. The molecule has 0 bridgehead atoms. The van der Waals surface area contributed by atoms with Crippen molar-refractivity contribution in [1.82, 2.24) is 0 Å². The predicted octanol–water partition coefficient (Wildman–Crippen LogP) is 2.68. The molecule has 0 aliphatic heterocycles. The summed E-state index contributed by atoms with van der Waals surface area (Å²) in [5.41, 5.74) is 5.30. The first-order chi connectivity index (χ1) is 9.07. The molecule has 0 aromatic heterocycles. The van der Waals surface area contributed by atoms with E-state index >= 15 is 0 Å². The number of ether oxygens (including phenoxy) is 1. The Kier molecular flexibility index (Phi) is 17.3. The molecule has 0 radical (unpaired) electrons. The summed E-state index contributed by atoms with van der Waals surface area (Å²) in [5, 5.41) is 0. The number of carbonyl (C=O) groups is 2. The molecule has 0 aliphatic carbocycles. The van der Waals surface area contributed by atoms with E-state index in [0.29, 0.717) is 6.42 Å². The Morgan fingerprint density at radius 1 is 0.950 bits per heavy atom. The summed E-state index contributed by atoms with van der Waals surface area (Å²) in [5.74, 6) is -1.09. The molecule has 5 heteroatoms. The van der Waals surface area contributed by atoms with Gasteiger partial charge in [0.2, 0.25) is 0 Å². The fraction of sp³-hybridized carbons (Fsp3) is 0.867. The fourth-order valence-corrected chi connectivity index (χ4v) is 1.84. The van der Waals surface area contributed by atoms with Gasteiger partial charge in [-0.15, -0.1) is 0 Å². The normalized spacial score (nSPS) is 11.6. The van der Waals surface area contributed by atoms with Crippen LogP contribution in [0.1, 0.15) is 78.1 Å². The van der Waals surface area contributed by atoms with Crippen LogP contribution in [-0.2, 0) is 14.3 Å². The van der Waals surface area contributed by atoms with Crippen LogP contribution in [0, 0.1) is 0 Å². The van der Waals surface area contributed by atoms with Crippen LogP contribution in [0.25, 0.3) is 0 Å². The van der Waals surface area contributed by atoms with Crippen molar-refractivity contribution in [3.05, 3.63) is 0 Å². The number of rotatable bonds is 11. The Morgan fingerprint density at radius 2 is 1.40 bits per heavy atom. The molecule has 4 nitrogen and oxygen atoms in total. The van der Waals surface area contributed by atoms with Crippen molar-refractivity contribution in [2.75, 3.05) is 0 Å². The molecule has 0 aliphatic rings. The van der Waals surface area contributed by atoms with E-state index in [2.05, 4.69) is 11.7 Å². The molecule has 20 heavy (non-hydrogen) atoms. The van der Waals surface area contributed by atoms with Crippen molar-refractivity contribution < 1.29 is 14.3 Å². The number of esters is 2. The van der Waals surface area contributed by atoms with Gasteiger partial charge in [0.1, 0.15) is 6.04 Å². The van der Waals surface area contributed by atoms with E-state index in [1.807, 2.05) is 0 Å². The monoisotopic (exact) mass is 295 g/mol. The second kappa shape index (κ2) is 15.5. The van der Waals surface area contributed by atoms with Gasteiger partial charge in [0.25, 0.3) is 0 Å². The van der Waals surface area contributed by atoms with E-state index in [1.54, 1.807) is 0 Å². The van der Waals surface area contributed by atoms with Crippen LogP contribution in [0.15, 0.2) is 0 Å². The van der Waals surface area contributed by atoms with E-state index in [9.17, 15) is 9.59 Å². The molecular weight excluding hydrogens is 265 g/mol. The molecule has 0 saturated carbocycles. The second-order valence-electron chi connectivity index (χ2n) is 5.16. The number of carbonyl (C=O) groups excluding carboxylic acids is 2. The minimum atomic E-state index is -0.730. The first-order valence-electron chi connectivity index (χ1n) is 7.58. The topological polar surface area (TPSA) is 69.4 Å². The van der Waals surface area contributed by atoms with E-state index in [0.717, 1.165) is 19.3 Å². The van der Waals surface area contributed by atoms with Gasteiger partial charge in [-0.1, -0.05) is 58.3 Å². The summed E-state index contributed by atoms with van der Waals surface area (Å²) in [4.78, 5) is 22.3. The quantitative estimate of drug-likeness (QED) is 0.275. The van der Waals surface area contributed by atoms with Crippen molar-refractivity contribution in [3.8, 4) is 0 Å². The molecule has 0 aromatic rings. The van der Waals surface area contributed by atoms with Crippen LogP contribution < -0.4 is 5.73 Å². The van der Waals surface area contributed by atoms with Gasteiger partial charge in [-0.2, -0.15) is 0 Å². The van der Waals surface area contributed by atoms with Gasteiger partial charge in [0.15, 0.2) is 0 Å². The molecule has 0 amide bonds. The third-order valence-corrected chi connectivity index (χ3v) is 3.07. The van der Waals surface area contributed by atoms with Gasteiger partial charge < -0.3 is 10.5 Å². The van der Waals surface area contributed by atoms with Crippen molar-refractivity contribution in [2.24, 2.45) is 5.73 Å². The van der Waals surface area contributed by atoms with Gasteiger partial charge in [0.05, 0.1) is 0 Å². The maximum absolute atomic E-state index is 11.3. The Bertz CT molecular complexity index is 258. The molecule has 1 atom stereocenters.